The largest absolute Gasteiger partial charge is 0.341 e. The Morgan fingerprint density at radius 1 is 1.20 bits per heavy atom. The zero-order valence-electron chi connectivity index (χ0n) is 13.4. The Labute approximate surface area is 124 Å². The van der Waals surface area contributed by atoms with Crippen molar-refractivity contribution in [2.24, 2.45) is 11.8 Å². The number of hydrogen-bond donors (Lipinski definition) is 1. The molecule has 2 aliphatic rings. The van der Waals surface area contributed by atoms with E-state index >= 15 is 0 Å². The van der Waals surface area contributed by atoms with Gasteiger partial charge >= 0.3 is 0 Å². The van der Waals surface area contributed by atoms with Crippen LogP contribution < -0.4 is 5.32 Å². The Balaban J connectivity index is 1.90. The van der Waals surface area contributed by atoms with Crippen LogP contribution in [-0.4, -0.2) is 37.0 Å². The quantitative estimate of drug-likeness (QED) is 0.839. The molecule has 1 saturated carbocycles. The molecule has 2 fully saturated rings. The third-order valence-electron chi connectivity index (χ3n) is 5.51. The number of hydrogen-bond acceptors (Lipinski definition) is 2. The summed E-state index contributed by atoms with van der Waals surface area (Å²) in [6.07, 6.45) is 11.1. The average molecular weight is 280 g/mol. The van der Waals surface area contributed by atoms with Crippen LogP contribution in [0.1, 0.15) is 64.7 Å². The van der Waals surface area contributed by atoms with Crippen LogP contribution in [0.3, 0.4) is 0 Å². The molecule has 0 aromatic heterocycles. The predicted octanol–water partition coefficient (Wildman–Crippen LogP) is 3.19. The van der Waals surface area contributed by atoms with E-state index in [1.807, 2.05) is 0 Å². The lowest BCUT2D eigenvalue weighted by molar-refractivity contribution is -0.131. The van der Waals surface area contributed by atoms with E-state index in [-0.39, 0.29) is 0 Å². The molecule has 0 bridgehead atoms. The van der Waals surface area contributed by atoms with Crippen molar-refractivity contribution in [3.63, 3.8) is 0 Å². The number of carbonyl (C=O) groups excluding carboxylic acids is 1. The average Bonchev–Trinajstić information content (AvgIpc) is 2.67. The molecule has 0 radical (unpaired) electrons. The lowest BCUT2D eigenvalue weighted by atomic mass is 9.83. The van der Waals surface area contributed by atoms with Crippen molar-refractivity contribution in [3.05, 3.63) is 0 Å². The third kappa shape index (κ3) is 4.21. The zero-order valence-corrected chi connectivity index (χ0v) is 13.4. The summed E-state index contributed by atoms with van der Waals surface area (Å²) >= 11 is 0. The fraction of sp³-hybridized carbons (Fsp3) is 0.941. The number of amides is 1. The van der Waals surface area contributed by atoms with Gasteiger partial charge in [0.05, 0.1) is 0 Å². The van der Waals surface area contributed by atoms with Crippen LogP contribution in [-0.2, 0) is 4.79 Å². The van der Waals surface area contributed by atoms with Gasteiger partial charge in [-0.25, -0.2) is 0 Å². The molecule has 1 aliphatic carbocycles. The molecule has 0 aromatic rings. The van der Waals surface area contributed by atoms with E-state index in [1.165, 1.54) is 44.9 Å². The molecule has 1 heterocycles. The number of nitrogens with one attached hydrogen (secondary N) is 1. The molecule has 3 nitrogen and oxygen atoms in total. The maximum atomic E-state index is 12.3. The van der Waals surface area contributed by atoms with E-state index < -0.39 is 0 Å². The molecule has 1 N–H and O–H groups in total. The molecule has 0 spiro atoms. The minimum Gasteiger partial charge on any atom is -0.341 e. The van der Waals surface area contributed by atoms with Crippen molar-refractivity contribution in [2.45, 2.75) is 70.8 Å². The minimum atomic E-state index is 0.386. The maximum absolute atomic E-state index is 12.3. The van der Waals surface area contributed by atoms with Crippen LogP contribution >= 0.6 is 0 Å². The van der Waals surface area contributed by atoms with Gasteiger partial charge in [-0.2, -0.15) is 0 Å². The highest BCUT2D eigenvalue weighted by molar-refractivity contribution is 5.76. The molecule has 1 amide bonds. The Hall–Kier alpha value is -0.570. The summed E-state index contributed by atoms with van der Waals surface area (Å²) in [6, 6.07) is 0.498. The van der Waals surface area contributed by atoms with E-state index in [2.05, 4.69) is 24.2 Å². The van der Waals surface area contributed by atoms with Gasteiger partial charge in [-0.05, 0) is 44.6 Å². The molecule has 2 atom stereocenters. The maximum Gasteiger partial charge on any atom is 0.222 e. The first-order valence-electron chi connectivity index (χ1n) is 8.69. The highest BCUT2D eigenvalue weighted by Crippen LogP contribution is 2.28. The summed E-state index contributed by atoms with van der Waals surface area (Å²) in [4.78, 5) is 14.5. The molecule has 2 rings (SSSR count). The van der Waals surface area contributed by atoms with Crippen LogP contribution in [0.4, 0.5) is 0 Å². The summed E-state index contributed by atoms with van der Waals surface area (Å²) < 4.78 is 0. The van der Waals surface area contributed by atoms with Crippen molar-refractivity contribution in [1.29, 1.82) is 0 Å². The number of rotatable bonds is 5. The smallest absolute Gasteiger partial charge is 0.222 e. The first-order chi connectivity index (χ1) is 9.74. The fourth-order valence-corrected chi connectivity index (χ4v) is 3.94. The lowest BCUT2D eigenvalue weighted by Gasteiger charge is -2.34. The van der Waals surface area contributed by atoms with E-state index in [1.54, 1.807) is 0 Å². The van der Waals surface area contributed by atoms with Crippen LogP contribution in [0.2, 0.25) is 0 Å². The standard InChI is InChI=1S/C17H32N2O/c1-3-14-9-10-17(20)19(12-11-14)13-16(18-2)15-7-5-4-6-8-15/h14-16,18H,3-13H2,1-2H3. The van der Waals surface area contributed by atoms with Gasteiger partial charge in [-0.1, -0.05) is 32.6 Å². The molecule has 3 heteroatoms. The summed E-state index contributed by atoms with van der Waals surface area (Å²) in [6.45, 7) is 4.15. The van der Waals surface area contributed by atoms with Gasteiger partial charge in [-0.15, -0.1) is 0 Å². The fourth-order valence-electron chi connectivity index (χ4n) is 3.94. The molecule has 2 unspecified atom stereocenters. The summed E-state index contributed by atoms with van der Waals surface area (Å²) in [5, 5.41) is 3.49. The lowest BCUT2D eigenvalue weighted by Crippen LogP contribution is -2.46. The first-order valence-corrected chi connectivity index (χ1v) is 8.69. The number of carbonyl (C=O) groups is 1. The SMILES string of the molecule is CCC1CCC(=O)N(CC(NC)C2CCCCC2)CC1. The van der Waals surface area contributed by atoms with Crippen LogP contribution in [0, 0.1) is 11.8 Å². The van der Waals surface area contributed by atoms with E-state index in [0.29, 0.717) is 11.9 Å². The predicted molar refractivity (Wildman–Crippen MR) is 83.6 cm³/mol. The Morgan fingerprint density at radius 2 is 1.95 bits per heavy atom. The normalized spacial score (nSPS) is 27.4. The number of likely N-dealkylation sites (tertiary alicyclic amines) is 1. The van der Waals surface area contributed by atoms with Gasteiger partial charge in [0.2, 0.25) is 5.91 Å². The van der Waals surface area contributed by atoms with Crippen LogP contribution in [0.25, 0.3) is 0 Å². The highest BCUT2D eigenvalue weighted by atomic mass is 16.2. The van der Waals surface area contributed by atoms with E-state index in [0.717, 1.165) is 37.8 Å². The second kappa shape index (κ2) is 8.02. The van der Waals surface area contributed by atoms with Crippen molar-refractivity contribution >= 4 is 5.91 Å². The molecule has 1 saturated heterocycles. The molecule has 1 aliphatic heterocycles. The van der Waals surface area contributed by atoms with Gasteiger partial charge < -0.3 is 10.2 Å². The van der Waals surface area contributed by atoms with Gasteiger partial charge in [0.15, 0.2) is 0 Å². The van der Waals surface area contributed by atoms with Crippen molar-refractivity contribution in [3.8, 4) is 0 Å². The van der Waals surface area contributed by atoms with Crippen molar-refractivity contribution < 1.29 is 4.79 Å². The minimum absolute atomic E-state index is 0.386. The Bertz CT molecular complexity index is 299. The van der Waals surface area contributed by atoms with Gasteiger partial charge in [0, 0.05) is 25.6 Å². The monoisotopic (exact) mass is 280 g/mol. The molecular formula is C17H32N2O. The molecule has 20 heavy (non-hydrogen) atoms. The summed E-state index contributed by atoms with van der Waals surface area (Å²) in [5.74, 6) is 1.91. The Morgan fingerprint density at radius 3 is 2.60 bits per heavy atom. The number of likely N-dealkylation sites (N-methyl/N-ethyl adjacent to an activating group) is 1. The molecule has 116 valence electrons. The molecular weight excluding hydrogens is 248 g/mol. The second-order valence-corrected chi connectivity index (χ2v) is 6.73. The Kier molecular flexibility index (Phi) is 6.34. The van der Waals surface area contributed by atoms with Crippen molar-refractivity contribution in [2.75, 3.05) is 20.1 Å². The molecule has 0 aromatic carbocycles. The zero-order chi connectivity index (χ0) is 14.4. The topological polar surface area (TPSA) is 32.3 Å². The van der Waals surface area contributed by atoms with Crippen LogP contribution in [0.5, 0.6) is 0 Å². The van der Waals surface area contributed by atoms with Crippen LogP contribution in [0.15, 0.2) is 0 Å². The second-order valence-electron chi connectivity index (χ2n) is 6.73. The first kappa shape index (κ1) is 15.8. The highest BCUT2D eigenvalue weighted by Gasteiger charge is 2.28. The van der Waals surface area contributed by atoms with E-state index in [4.69, 9.17) is 0 Å². The van der Waals surface area contributed by atoms with Gasteiger partial charge in [0.25, 0.3) is 0 Å². The number of nitrogens with zero attached hydrogens (tertiary/aromatic N) is 1. The van der Waals surface area contributed by atoms with Gasteiger partial charge in [0.1, 0.15) is 0 Å². The van der Waals surface area contributed by atoms with Crippen molar-refractivity contribution in [1.82, 2.24) is 10.2 Å². The van der Waals surface area contributed by atoms with Gasteiger partial charge in [-0.3, -0.25) is 4.79 Å². The van der Waals surface area contributed by atoms with E-state index in [9.17, 15) is 4.79 Å². The summed E-state index contributed by atoms with van der Waals surface area (Å²) in [7, 11) is 2.07. The summed E-state index contributed by atoms with van der Waals surface area (Å²) in [5.41, 5.74) is 0. The third-order valence-corrected chi connectivity index (χ3v) is 5.51.